The number of nitrogens with zero attached hydrogens (tertiary/aromatic N) is 1. The Morgan fingerprint density at radius 3 is 2.48 bits per heavy atom. The normalized spacial score (nSPS) is 26.0. The van der Waals surface area contributed by atoms with Crippen molar-refractivity contribution in [3.63, 3.8) is 0 Å². The Bertz CT molecular complexity index is 476. The second-order valence-electron chi connectivity index (χ2n) is 7.77. The van der Waals surface area contributed by atoms with Crippen molar-refractivity contribution in [2.45, 2.75) is 91.6 Å². The molecule has 1 saturated carbocycles. The van der Waals surface area contributed by atoms with E-state index in [-0.39, 0.29) is 5.54 Å². The highest BCUT2D eigenvalue weighted by Gasteiger charge is 2.39. The van der Waals surface area contributed by atoms with E-state index in [1.54, 1.807) is 0 Å². The Morgan fingerprint density at radius 2 is 1.90 bits per heavy atom. The van der Waals surface area contributed by atoms with Crippen molar-refractivity contribution >= 4 is 11.3 Å². The Morgan fingerprint density at radius 1 is 1.19 bits per heavy atom. The zero-order chi connectivity index (χ0) is 15.7. The van der Waals surface area contributed by atoms with Gasteiger partial charge in [-0.2, -0.15) is 0 Å². The summed E-state index contributed by atoms with van der Waals surface area (Å²) in [6.07, 6.45) is 7.41. The van der Waals surface area contributed by atoms with Crippen molar-refractivity contribution < 1.29 is 0 Å². The molecule has 120 valence electrons. The van der Waals surface area contributed by atoms with Crippen LogP contribution in [0, 0.1) is 12.3 Å². The number of thiazole rings is 1. The highest BCUT2D eigenvalue weighted by molar-refractivity contribution is 7.11. The number of aromatic nitrogens is 1. The van der Waals surface area contributed by atoms with Crippen LogP contribution in [0.25, 0.3) is 0 Å². The molecule has 21 heavy (non-hydrogen) atoms. The molecule has 1 N–H and O–H groups in total. The summed E-state index contributed by atoms with van der Waals surface area (Å²) in [5, 5.41) is 5.24. The number of hydrogen-bond acceptors (Lipinski definition) is 3. The summed E-state index contributed by atoms with van der Waals surface area (Å²) >= 11 is 1.92. The molecule has 1 unspecified atom stereocenters. The van der Waals surface area contributed by atoms with E-state index in [4.69, 9.17) is 4.98 Å². The van der Waals surface area contributed by atoms with Crippen LogP contribution in [0.1, 0.15) is 82.3 Å². The fourth-order valence-electron chi connectivity index (χ4n) is 3.60. The van der Waals surface area contributed by atoms with E-state index in [2.05, 4.69) is 46.9 Å². The van der Waals surface area contributed by atoms with E-state index >= 15 is 0 Å². The van der Waals surface area contributed by atoms with Crippen LogP contribution < -0.4 is 5.32 Å². The second kappa shape index (κ2) is 6.37. The maximum Gasteiger partial charge on any atom is 0.113 e. The van der Waals surface area contributed by atoms with Crippen molar-refractivity contribution in [2.24, 2.45) is 5.41 Å². The average Bonchev–Trinajstić information content (AvgIpc) is 2.69. The maximum absolute atomic E-state index is 5.02. The third-order valence-electron chi connectivity index (χ3n) is 4.89. The first-order valence-corrected chi connectivity index (χ1v) is 9.34. The first-order valence-electron chi connectivity index (χ1n) is 8.52. The summed E-state index contributed by atoms with van der Waals surface area (Å²) in [6, 6.07) is 0.500. The predicted octanol–water partition coefficient (Wildman–Crippen LogP) is 5.20. The lowest BCUT2D eigenvalue weighted by Gasteiger charge is -2.35. The van der Waals surface area contributed by atoms with E-state index in [1.165, 1.54) is 47.7 Å². The molecule has 1 aromatic rings. The lowest BCUT2D eigenvalue weighted by atomic mass is 9.83. The SMILES string of the molecule is CCc1nc(C2(NC(C)C)CCCC(C)(C)CC2)sc1C. The number of hydrogen-bond donors (Lipinski definition) is 1. The molecule has 1 atom stereocenters. The van der Waals surface area contributed by atoms with Crippen LogP contribution in [0.15, 0.2) is 0 Å². The van der Waals surface area contributed by atoms with Gasteiger partial charge in [0.1, 0.15) is 5.01 Å². The molecular formula is C18H32N2S. The van der Waals surface area contributed by atoms with Crippen molar-refractivity contribution in [1.82, 2.24) is 10.3 Å². The number of aryl methyl sites for hydroxylation is 2. The molecule has 0 saturated heterocycles. The fourth-order valence-corrected chi connectivity index (χ4v) is 4.82. The minimum absolute atomic E-state index is 0.102. The minimum atomic E-state index is 0.102. The van der Waals surface area contributed by atoms with Crippen LogP contribution in [-0.4, -0.2) is 11.0 Å². The largest absolute Gasteiger partial charge is 0.303 e. The Kier molecular flexibility index (Phi) is 5.15. The third kappa shape index (κ3) is 3.87. The molecule has 2 rings (SSSR count). The summed E-state index contributed by atoms with van der Waals surface area (Å²) < 4.78 is 0. The molecule has 0 bridgehead atoms. The van der Waals surface area contributed by atoms with Crippen molar-refractivity contribution in [2.75, 3.05) is 0 Å². The lowest BCUT2D eigenvalue weighted by Crippen LogP contribution is -2.45. The van der Waals surface area contributed by atoms with Gasteiger partial charge >= 0.3 is 0 Å². The quantitative estimate of drug-likeness (QED) is 0.774. The first-order chi connectivity index (χ1) is 9.78. The topological polar surface area (TPSA) is 24.9 Å². The first kappa shape index (κ1) is 17.0. The molecule has 0 radical (unpaired) electrons. The molecule has 2 nitrogen and oxygen atoms in total. The molecule has 0 amide bonds. The van der Waals surface area contributed by atoms with Crippen LogP contribution >= 0.6 is 11.3 Å². The van der Waals surface area contributed by atoms with Gasteiger partial charge in [0.2, 0.25) is 0 Å². The smallest absolute Gasteiger partial charge is 0.113 e. The van der Waals surface area contributed by atoms with Gasteiger partial charge in [0, 0.05) is 10.9 Å². The van der Waals surface area contributed by atoms with Gasteiger partial charge in [-0.05, 0) is 58.3 Å². The average molecular weight is 309 g/mol. The molecule has 0 aliphatic heterocycles. The van der Waals surface area contributed by atoms with Crippen LogP contribution in [-0.2, 0) is 12.0 Å². The van der Waals surface area contributed by atoms with Gasteiger partial charge in [0.05, 0.1) is 11.2 Å². The molecule has 1 aliphatic carbocycles. The molecule has 1 aliphatic rings. The summed E-state index contributed by atoms with van der Waals surface area (Å²) in [7, 11) is 0. The Balaban J connectivity index is 2.36. The molecule has 1 fully saturated rings. The van der Waals surface area contributed by atoms with Crippen LogP contribution in [0.4, 0.5) is 0 Å². The lowest BCUT2D eigenvalue weighted by molar-refractivity contribution is 0.247. The van der Waals surface area contributed by atoms with Gasteiger partial charge in [0.25, 0.3) is 0 Å². The van der Waals surface area contributed by atoms with E-state index in [9.17, 15) is 0 Å². The zero-order valence-electron chi connectivity index (χ0n) is 14.7. The van der Waals surface area contributed by atoms with E-state index in [1.807, 2.05) is 11.3 Å². The zero-order valence-corrected chi connectivity index (χ0v) is 15.5. The summed E-state index contributed by atoms with van der Waals surface area (Å²) in [4.78, 5) is 6.43. The van der Waals surface area contributed by atoms with E-state index in [0.29, 0.717) is 11.5 Å². The maximum atomic E-state index is 5.02. The Hall–Kier alpha value is -0.410. The van der Waals surface area contributed by atoms with Crippen molar-refractivity contribution in [3.8, 4) is 0 Å². The van der Waals surface area contributed by atoms with Crippen LogP contribution in [0.3, 0.4) is 0 Å². The highest BCUT2D eigenvalue weighted by atomic mass is 32.1. The monoisotopic (exact) mass is 308 g/mol. The fraction of sp³-hybridized carbons (Fsp3) is 0.833. The number of rotatable bonds is 4. The molecular weight excluding hydrogens is 276 g/mol. The number of nitrogens with one attached hydrogen (secondary N) is 1. The van der Waals surface area contributed by atoms with Gasteiger partial charge in [-0.15, -0.1) is 11.3 Å². The molecule has 3 heteroatoms. The van der Waals surface area contributed by atoms with Crippen LogP contribution in [0.2, 0.25) is 0 Å². The highest BCUT2D eigenvalue weighted by Crippen LogP contribution is 2.44. The molecule has 1 heterocycles. The van der Waals surface area contributed by atoms with Crippen molar-refractivity contribution in [1.29, 1.82) is 0 Å². The van der Waals surface area contributed by atoms with Crippen LogP contribution in [0.5, 0.6) is 0 Å². The predicted molar refractivity (Wildman–Crippen MR) is 93.0 cm³/mol. The summed E-state index contributed by atoms with van der Waals surface area (Å²) in [5.41, 5.74) is 1.87. The summed E-state index contributed by atoms with van der Waals surface area (Å²) in [6.45, 7) is 13.8. The van der Waals surface area contributed by atoms with E-state index < -0.39 is 0 Å². The van der Waals surface area contributed by atoms with Gasteiger partial charge in [-0.25, -0.2) is 4.98 Å². The van der Waals surface area contributed by atoms with E-state index in [0.717, 1.165) is 6.42 Å². The van der Waals surface area contributed by atoms with Crippen molar-refractivity contribution in [3.05, 3.63) is 15.6 Å². The Labute approximate surface area is 134 Å². The molecule has 0 aromatic carbocycles. The van der Waals surface area contributed by atoms with Gasteiger partial charge in [-0.3, -0.25) is 0 Å². The summed E-state index contributed by atoms with van der Waals surface area (Å²) in [5.74, 6) is 0. The van der Waals surface area contributed by atoms with Gasteiger partial charge in [-0.1, -0.05) is 27.2 Å². The molecule has 1 aromatic heterocycles. The molecule has 0 spiro atoms. The standard InChI is InChI=1S/C18H32N2S/c1-7-15-14(4)21-16(19-15)18(20-13(2)3)10-8-9-17(5,6)11-12-18/h13,20H,7-12H2,1-6H3. The third-order valence-corrected chi connectivity index (χ3v) is 6.10. The second-order valence-corrected chi connectivity index (χ2v) is 8.98. The van der Waals surface area contributed by atoms with Gasteiger partial charge < -0.3 is 5.32 Å². The minimum Gasteiger partial charge on any atom is -0.303 e. The van der Waals surface area contributed by atoms with Gasteiger partial charge in [0.15, 0.2) is 0 Å².